The van der Waals surface area contributed by atoms with E-state index in [-0.39, 0.29) is 0 Å². The zero-order valence-corrected chi connectivity index (χ0v) is 17.6. The quantitative estimate of drug-likeness (QED) is 0.370. The van der Waals surface area contributed by atoms with E-state index in [0.717, 1.165) is 42.1 Å². The van der Waals surface area contributed by atoms with Gasteiger partial charge in [-0.15, -0.1) is 0 Å². The van der Waals surface area contributed by atoms with Crippen molar-refractivity contribution in [2.45, 2.75) is 26.5 Å². The maximum Gasteiger partial charge on any atom is 0.166 e. The highest BCUT2D eigenvalue weighted by Crippen LogP contribution is 2.32. The third-order valence-corrected chi connectivity index (χ3v) is 5.35. The van der Waals surface area contributed by atoms with Gasteiger partial charge in [0.2, 0.25) is 0 Å². The molecule has 0 saturated heterocycles. The molecule has 0 unspecified atom stereocenters. The minimum atomic E-state index is 0.517. The number of fused-ring (bicyclic) bond motifs is 1. The summed E-state index contributed by atoms with van der Waals surface area (Å²) >= 11 is 0. The Labute approximate surface area is 177 Å². The van der Waals surface area contributed by atoms with Crippen LogP contribution in [0.2, 0.25) is 0 Å². The second kappa shape index (κ2) is 9.51. The van der Waals surface area contributed by atoms with Crippen LogP contribution in [0.1, 0.15) is 22.3 Å². The fourth-order valence-corrected chi connectivity index (χ4v) is 3.65. The number of methoxy groups -OCH3 is 1. The van der Waals surface area contributed by atoms with Crippen LogP contribution in [-0.2, 0) is 19.6 Å². The van der Waals surface area contributed by atoms with Gasteiger partial charge in [-0.2, -0.15) is 0 Å². The van der Waals surface area contributed by atoms with Gasteiger partial charge < -0.3 is 19.8 Å². The Kier molecular flexibility index (Phi) is 6.35. The van der Waals surface area contributed by atoms with Gasteiger partial charge in [0.25, 0.3) is 0 Å². The van der Waals surface area contributed by atoms with Gasteiger partial charge in [0, 0.05) is 29.2 Å². The Morgan fingerprint density at radius 3 is 2.57 bits per heavy atom. The van der Waals surface area contributed by atoms with Crippen molar-refractivity contribution in [2.24, 2.45) is 0 Å². The van der Waals surface area contributed by atoms with Crippen molar-refractivity contribution >= 4 is 10.9 Å². The molecule has 4 aromatic rings. The van der Waals surface area contributed by atoms with Crippen LogP contribution in [0, 0.1) is 6.92 Å². The van der Waals surface area contributed by atoms with Gasteiger partial charge in [0.05, 0.1) is 7.11 Å². The summed E-state index contributed by atoms with van der Waals surface area (Å²) < 4.78 is 11.7. The summed E-state index contributed by atoms with van der Waals surface area (Å²) in [4.78, 5) is 3.34. The average Bonchev–Trinajstić information content (AvgIpc) is 3.19. The Morgan fingerprint density at radius 2 is 1.73 bits per heavy atom. The normalized spacial score (nSPS) is 11.0. The van der Waals surface area contributed by atoms with Crippen LogP contribution in [0.15, 0.2) is 72.9 Å². The van der Waals surface area contributed by atoms with E-state index in [0.29, 0.717) is 6.61 Å². The molecule has 1 heterocycles. The van der Waals surface area contributed by atoms with Crippen LogP contribution < -0.4 is 14.8 Å². The molecule has 4 rings (SSSR count). The van der Waals surface area contributed by atoms with Gasteiger partial charge >= 0.3 is 0 Å². The molecule has 154 valence electrons. The Hall–Kier alpha value is -3.24. The summed E-state index contributed by atoms with van der Waals surface area (Å²) in [6, 6.07) is 22.9. The highest BCUT2D eigenvalue weighted by molar-refractivity contribution is 5.83. The molecule has 0 aliphatic carbocycles. The molecule has 0 bridgehead atoms. The third kappa shape index (κ3) is 4.66. The zero-order chi connectivity index (χ0) is 20.8. The molecule has 30 heavy (non-hydrogen) atoms. The number of benzene rings is 3. The standard InChI is InChI=1S/C26H28N2O2/c1-19-10-12-20(13-11-19)18-30-26-22(6-5-9-25(26)29-2)16-27-15-14-21-17-28-24-8-4-3-7-23(21)24/h3-13,17,27-28H,14-16,18H2,1-2H3. The van der Waals surface area contributed by atoms with Gasteiger partial charge in [0.1, 0.15) is 6.61 Å². The van der Waals surface area contributed by atoms with E-state index in [1.807, 2.05) is 12.1 Å². The van der Waals surface area contributed by atoms with E-state index < -0.39 is 0 Å². The van der Waals surface area contributed by atoms with E-state index in [2.05, 4.69) is 78.0 Å². The molecule has 4 heteroatoms. The van der Waals surface area contributed by atoms with Crippen molar-refractivity contribution in [3.63, 3.8) is 0 Å². The number of aryl methyl sites for hydroxylation is 1. The van der Waals surface area contributed by atoms with Crippen LogP contribution in [0.4, 0.5) is 0 Å². The first-order valence-electron chi connectivity index (χ1n) is 10.3. The van der Waals surface area contributed by atoms with Crippen molar-refractivity contribution in [3.8, 4) is 11.5 Å². The Bertz CT molecular complexity index is 1100. The first-order valence-corrected chi connectivity index (χ1v) is 10.3. The van der Waals surface area contributed by atoms with E-state index in [9.17, 15) is 0 Å². The Morgan fingerprint density at radius 1 is 0.900 bits per heavy atom. The molecule has 4 nitrogen and oxygen atoms in total. The number of nitrogens with one attached hydrogen (secondary N) is 2. The van der Waals surface area contributed by atoms with Crippen molar-refractivity contribution in [1.29, 1.82) is 0 Å². The first kappa shape index (κ1) is 20.0. The van der Waals surface area contributed by atoms with E-state index >= 15 is 0 Å². The topological polar surface area (TPSA) is 46.3 Å². The molecule has 0 aliphatic rings. The SMILES string of the molecule is COc1cccc(CNCCc2c[nH]c3ccccc23)c1OCc1ccc(C)cc1. The number of ether oxygens (including phenoxy) is 2. The molecule has 1 aromatic heterocycles. The van der Waals surface area contributed by atoms with Crippen molar-refractivity contribution in [2.75, 3.05) is 13.7 Å². The molecular weight excluding hydrogens is 372 g/mol. The second-order valence-corrected chi connectivity index (χ2v) is 7.51. The first-order chi connectivity index (χ1) is 14.7. The van der Waals surface area contributed by atoms with Gasteiger partial charge in [-0.1, -0.05) is 60.2 Å². The lowest BCUT2D eigenvalue weighted by Crippen LogP contribution is -2.17. The summed E-state index contributed by atoms with van der Waals surface area (Å²) in [5, 5.41) is 4.85. The highest BCUT2D eigenvalue weighted by atomic mass is 16.5. The van der Waals surface area contributed by atoms with Crippen molar-refractivity contribution in [3.05, 3.63) is 95.2 Å². The molecule has 3 aromatic carbocycles. The predicted octanol–water partition coefficient (Wildman–Crippen LogP) is 5.40. The van der Waals surface area contributed by atoms with Gasteiger partial charge in [-0.25, -0.2) is 0 Å². The maximum atomic E-state index is 6.18. The smallest absolute Gasteiger partial charge is 0.166 e. The molecule has 0 fully saturated rings. The summed E-state index contributed by atoms with van der Waals surface area (Å²) in [5.74, 6) is 1.57. The summed E-state index contributed by atoms with van der Waals surface area (Å²) in [6.07, 6.45) is 3.07. The second-order valence-electron chi connectivity index (χ2n) is 7.51. The number of hydrogen-bond acceptors (Lipinski definition) is 3. The number of para-hydroxylation sites is 2. The summed E-state index contributed by atoms with van der Waals surface area (Å²) in [7, 11) is 1.68. The minimum Gasteiger partial charge on any atom is -0.493 e. The van der Waals surface area contributed by atoms with Gasteiger partial charge in [-0.05, 0) is 43.1 Å². The fraction of sp³-hybridized carbons (Fsp3) is 0.231. The molecule has 0 aliphatic heterocycles. The number of aromatic nitrogens is 1. The van der Waals surface area contributed by atoms with Crippen LogP contribution in [0.25, 0.3) is 10.9 Å². The molecule has 2 N–H and O–H groups in total. The number of H-pyrrole nitrogens is 1. The van der Waals surface area contributed by atoms with Crippen molar-refractivity contribution in [1.82, 2.24) is 10.3 Å². The molecule has 0 atom stereocenters. The van der Waals surface area contributed by atoms with E-state index in [4.69, 9.17) is 9.47 Å². The highest BCUT2D eigenvalue weighted by Gasteiger charge is 2.11. The van der Waals surface area contributed by atoms with Gasteiger partial charge in [0.15, 0.2) is 11.5 Å². The lowest BCUT2D eigenvalue weighted by Gasteiger charge is -2.16. The summed E-state index contributed by atoms with van der Waals surface area (Å²) in [5.41, 5.74) is 6.01. The molecule has 0 saturated carbocycles. The third-order valence-electron chi connectivity index (χ3n) is 5.35. The molecule has 0 spiro atoms. The van der Waals surface area contributed by atoms with Crippen LogP contribution in [0.5, 0.6) is 11.5 Å². The zero-order valence-electron chi connectivity index (χ0n) is 17.6. The van der Waals surface area contributed by atoms with Crippen LogP contribution in [-0.4, -0.2) is 18.6 Å². The Balaban J connectivity index is 1.38. The predicted molar refractivity (Wildman–Crippen MR) is 122 cm³/mol. The average molecular weight is 401 g/mol. The van der Waals surface area contributed by atoms with Gasteiger partial charge in [-0.3, -0.25) is 0 Å². The lowest BCUT2D eigenvalue weighted by molar-refractivity contribution is 0.280. The van der Waals surface area contributed by atoms with Crippen LogP contribution in [0.3, 0.4) is 0 Å². The molecule has 0 amide bonds. The number of rotatable bonds is 9. The van der Waals surface area contributed by atoms with Crippen LogP contribution >= 0.6 is 0 Å². The number of hydrogen-bond donors (Lipinski definition) is 2. The van der Waals surface area contributed by atoms with E-state index in [1.54, 1.807) is 7.11 Å². The van der Waals surface area contributed by atoms with E-state index in [1.165, 1.54) is 22.0 Å². The molecule has 0 radical (unpaired) electrons. The maximum absolute atomic E-state index is 6.18. The molecular formula is C26H28N2O2. The largest absolute Gasteiger partial charge is 0.493 e. The number of aromatic amines is 1. The summed E-state index contributed by atoms with van der Waals surface area (Å²) in [6.45, 7) is 4.22. The van der Waals surface area contributed by atoms with Crippen molar-refractivity contribution < 1.29 is 9.47 Å². The monoisotopic (exact) mass is 400 g/mol. The minimum absolute atomic E-state index is 0.517. The fourth-order valence-electron chi connectivity index (χ4n) is 3.65. The lowest BCUT2D eigenvalue weighted by atomic mass is 10.1.